The Kier molecular flexibility index (Phi) is 5.22. The molecule has 4 rings (SSSR count). The van der Waals surface area contributed by atoms with E-state index < -0.39 is 5.56 Å². The van der Waals surface area contributed by atoms with E-state index in [-0.39, 0.29) is 17.8 Å². The lowest BCUT2D eigenvalue weighted by atomic mass is 10.1. The van der Waals surface area contributed by atoms with E-state index in [1.807, 2.05) is 61.5 Å². The molecule has 1 aromatic heterocycles. The zero-order chi connectivity index (χ0) is 21.1. The lowest BCUT2D eigenvalue weighted by molar-refractivity contribution is 0.0972. The highest BCUT2D eigenvalue weighted by molar-refractivity contribution is 5.97. The molecule has 6 heteroatoms. The molecular weight excluding hydrogens is 378 g/mol. The van der Waals surface area contributed by atoms with Crippen molar-refractivity contribution in [3.63, 3.8) is 0 Å². The maximum absolute atomic E-state index is 13.1. The first-order valence-corrected chi connectivity index (χ1v) is 9.46. The SMILES string of the molecule is Cc1ccc(C(=O)Cn2c(=O)/c(=N\O)nc(-c3ccccc3)c3ccccc32)cc1. The van der Waals surface area contributed by atoms with E-state index in [4.69, 9.17) is 0 Å². The second kappa shape index (κ2) is 8.13. The largest absolute Gasteiger partial charge is 0.409 e. The average Bonchev–Trinajstić information content (AvgIpc) is 2.90. The molecule has 1 N–H and O–H groups in total. The minimum atomic E-state index is -0.642. The Morgan fingerprint density at radius 2 is 1.63 bits per heavy atom. The van der Waals surface area contributed by atoms with Crippen LogP contribution in [0.5, 0.6) is 0 Å². The van der Waals surface area contributed by atoms with Crippen molar-refractivity contribution >= 4 is 16.7 Å². The molecule has 0 saturated carbocycles. The Bertz CT molecular complexity index is 1360. The molecule has 0 amide bonds. The molecule has 4 aromatic rings. The third kappa shape index (κ3) is 3.63. The van der Waals surface area contributed by atoms with Crippen molar-refractivity contribution in [2.24, 2.45) is 5.16 Å². The van der Waals surface area contributed by atoms with Gasteiger partial charge in [0.05, 0.1) is 17.8 Å². The van der Waals surface area contributed by atoms with E-state index in [1.165, 1.54) is 4.57 Å². The number of aryl methyl sites for hydroxylation is 1. The van der Waals surface area contributed by atoms with Crippen LogP contribution in [0.2, 0.25) is 0 Å². The molecule has 30 heavy (non-hydrogen) atoms. The highest BCUT2D eigenvalue weighted by Gasteiger charge is 2.15. The summed E-state index contributed by atoms with van der Waals surface area (Å²) in [6.45, 7) is 1.74. The van der Waals surface area contributed by atoms with E-state index in [0.717, 1.165) is 11.1 Å². The zero-order valence-corrected chi connectivity index (χ0v) is 16.3. The van der Waals surface area contributed by atoms with Gasteiger partial charge in [-0.1, -0.05) is 83.5 Å². The normalized spacial score (nSPS) is 11.6. The molecule has 0 fully saturated rings. The number of rotatable bonds is 4. The lowest BCUT2D eigenvalue weighted by Crippen LogP contribution is -2.36. The summed E-state index contributed by atoms with van der Waals surface area (Å²) in [5.41, 5.74) is 2.32. The number of ketones is 1. The number of carbonyl (C=O) groups is 1. The standard InChI is InChI=1S/C24H19N3O3/c1-16-11-13-17(14-12-16)21(28)15-27-20-10-6-5-9-19(20)22(18-7-3-2-4-8-18)25-23(26-30)24(27)29/h2-14,30H,15H2,1H3/b26-23+. The van der Waals surface area contributed by atoms with Crippen LogP contribution in [0.1, 0.15) is 15.9 Å². The molecule has 0 unspecified atom stereocenters. The fourth-order valence-corrected chi connectivity index (χ4v) is 3.37. The minimum Gasteiger partial charge on any atom is -0.409 e. The first kappa shape index (κ1) is 19.3. The second-order valence-electron chi connectivity index (χ2n) is 6.95. The van der Waals surface area contributed by atoms with Gasteiger partial charge in [-0.05, 0) is 13.0 Å². The number of carbonyl (C=O) groups excluding carboxylic acids is 1. The maximum Gasteiger partial charge on any atom is 0.299 e. The smallest absolute Gasteiger partial charge is 0.299 e. The molecular formula is C24H19N3O3. The van der Waals surface area contributed by atoms with E-state index >= 15 is 0 Å². The molecule has 0 atom stereocenters. The molecule has 3 aromatic carbocycles. The molecule has 0 spiro atoms. The topological polar surface area (TPSA) is 84.5 Å². The first-order valence-electron chi connectivity index (χ1n) is 9.46. The Balaban J connectivity index is 1.99. The van der Waals surface area contributed by atoms with Crippen molar-refractivity contribution < 1.29 is 10.0 Å². The second-order valence-corrected chi connectivity index (χ2v) is 6.95. The predicted octanol–water partition coefficient (Wildman–Crippen LogP) is 3.54. The molecule has 0 saturated heterocycles. The summed E-state index contributed by atoms with van der Waals surface area (Å²) in [7, 11) is 0. The van der Waals surface area contributed by atoms with Gasteiger partial charge in [0.15, 0.2) is 5.78 Å². The number of fused-ring (bicyclic) bond motifs is 1. The van der Waals surface area contributed by atoms with E-state index in [9.17, 15) is 14.8 Å². The number of Topliss-reactive ketones (excluding diaryl/α,β-unsaturated/α-hetero) is 1. The number of hydrogen-bond donors (Lipinski definition) is 1. The zero-order valence-electron chi connectivity index (χ0n) is 16.3. The Labute approximate surface area is 172 Å². The van der Waals surface area contributed by atoms with Crippen LogP contribution in [-0.2, 0) is 6.54 Å². The van der Waals surface area contributed by atoms with Crippen molar-refractivity contribution in [3.05, 3.63) is 106 Å². The van der Waals surface area contributed by atoms with Crippen LogP contribution in [0.4, 0.5) is 0 Å². The summed E-state index contributed by atoms with van der Waals surface area (Å²) in [5.74, 6) is -0.224. The maximum atomic E-state index is 13.1. The van der Waals surface area contributed by atoms with Crippen molar-refractivity contribution in [1.29, 1.82) is 0 Å². The number of benzene rings is 3. The Morgan fingerprint density at radius 1 is 0.967 bits per heavy atom. The molecule has 148 valence electrons. The van der Waals surface area contributed by atoms with Crippen molar-refractivity contribution in [2.75, 3.05) is 0 Å². The van der Waals surface area contributed by atoms with Gasteiger partial charge in [0.1, 0.15) is 0 Å². The van der Waals surface area contributed by atoms with Crippen molar-refractivity contribution in [3.8, 4) is 11.3 Å². The van der Waals surface area contributed by atoms with Gasteiger partial charge in [-0.3, -0.25) is 14.2 Å². The summed E-state index contributed by atoms with van der Waals surface area (Å²) >= 11 is 0. The lowest BCUT2D eigenvalue weighted by Gasteiger charge is -2.08. The number of hydrogen-bond acceptors (Lipinski definition) is 5. The molecule has 0 aliphatic heterocycles. The summed E-state index contributed by atoms with van der Waals surface area (Å²) in [6.07, 6.45) is 0. The van der Waals surface area contributed by atoms with E-state index in [1.54, 1.807) is 24.3 Å². The van der Waals surface area contributed by atoms with Crippen LogP contribution in [-0.4, -0.2) is 20.5 Å². The molecule has 0 radical (unpaired) electrons. The first-order chi connectivity index (χ1) is 14.6. The van der Waals surface area contributed by atoms with Gasteiger partial charge in [-0.25, -0.2) is 4.98 Å². The third-order valence-corrected chi connectivity index (χ3v) is 4.92. The highest BCUT2D eigenvalue weighted by Crippen LogP contribution is 2.24. The van der Waals surface area contributed by atoms with Gasteiger partial charge in [-0.15, -0.1) is 0 Å². The monoisotopic (exact) mass is 397 g/mol. The summed E-state index contributed by atoms with van der Waals surface area (Å²) in [5, 5.41) is 13.3. The highest BCUT2D eigenvalue weighted by atomic mass is 16.4. The van der Waals surface area contributed by atoms with Gasteiger partial charge in [-0.2, -0.15) is 0 Å². The minimum absolute atomic E-state index is 0.199. The summed E-state index contributed by atoms with van der Waals surface area (Å²) < 4.78 is 1.31. The third-order valence-electron chi connectivity index (χ3n) is 4.92. The van der Waals surface area contributed by atoms with Crippen LogP contribution in [0.3, 0.4) is 0 Å². The predicted molar refractivity (Wildman–Crippen MR) is 114 cm³/mol. The number of aromatic nitrogens is 2. The fraction of sp³-hybridized carbons (Fsp3) is 0.0833. The Morgan fingerprint density at radius 3 is 2.33 bits per heavy atom. The average molecular weight is 397 g/mol. The number of para-hydroxylation sites is 1. The van der Waals surface area contributed by atoms with Crippen LogP contribution in [0.15, 0.2) is 88.8 Å². The molecule has 0 bridgehead atoms. The summed E-state index contributed by atoms with van der Waals surface area (Å²) in [6, 6.07) is 23.7. The van der Waals surface area contributed by atoms with Gasteiger partial charge < -0.3 is 5.21 Å². The summed E-state index contributed by atoms with van der Waals surface area (Å²) in [4.78, 5) is 30.4. The van der Waals surface area contributed by atoms with Gasteiger partial charge in [0, 0.05) is 16.5 Å². The molecule has 0 aliphatic rings. The Hall–Kier alpha value is -4.06. The molecule has 1 heterocycles. The van der Waals surface area contributed by atoms with Crippen LogP contribution in [0.25, 0.3) is 22.2 Å². The van der Waals surface area contributed by atoms with Crippen LogP contribution < -0.4 is 11.0 Å². The van der Waals surface area contributed by atoms with E-state index in [2.05, 4.69) is 10.1 Å². The van der Waals surface area contributed by atoms with Gasteiger partial charge in [0.2, 0.25) is 0 Å². The van der Waals surface area contributed by atoms with E-state index in [0.29, 0.717) is 22.2 Å². The van der Waals surface area contributed by atoms with Crippen LogP contribution >= 0.6 is 0 Å². The van der Waals surface area contributed by atoms with Gasteiger partial charge >= 0.3 is 0 Å². The van der Waals surface area contributed by atoms with Crippen molar-refractivity contribution in [1.82, 2.24) is 9.55 Å². The fourth-order valence-electron chi connectivity index (χ4n) is 3.37. The molecule has 6 nitrogen and oxygen atoms in total. The quantitative estimate of drug-likeness (QED) is 0.324. The number of nitrogens with zero attached hydrogens (tertiary/aromatic N) is 3. The van der Waals surface area contributed by atoms with Gasteiger partial charge in [0.25, 0.3) is 11.0 Å². The van der Waals surface area contributed by atoms with Crippen LogP contribution in [0, 0.1) is 6.92 Å². The molecule has 0 aliphatic carbocycles. The van der Waals surface area contributed by atoms with Crippen molar-refractivity contribution in [2.45, 2.75) is 13.5 Å².